The van der Waals surface area contributed by atoms with Crippen LogP contribution >= 0.6 is 0 Å². The Morgan fingerprint density at radius 1 is 1.21 bits per heavy atom. The van der Waals surface area contributed by atoms with Crippen molar-refractivity contribution in [3.63, 3.8) is 0 Å². The molecule has 0 aliphatic carbocycles. The molecule has 104 valence electrons. The second-order valence-corrected chi connectivity index (χ2v) is 3.48. The molecule has 8 heteroatoms. The van der Waals surface area contributed by atoms with Gasteiger partial charge >= 0.3 is 12.1 Å². The predicted molar refractivity (Wildman–Crippen MR) is 55.7 cm³/mol. The van der Waals surface area contributed by atoms with Crippen LogP contribution in [0.25, 0.3) is 0 Å². The van der Waals surface area contributed by atoms with Crippen molar-refractivity contribution < 1.29 is 31.9 Å². The average Bonchev–Trinajstić information content (AvgIpc) is 2.34. The third-order valence-electron chi connectivity index (χ3n) is 2.15. The Hall–Kier alpha value is -2.12. The lowest BCUT2D eigenvalue weighted by Gasteiger charge is -2.19. The number of hydrogen-bond acceptors (Lipinski definition) is 3. The maximum absolute atomic E-state index is 12.6. The molecule has 1 aromatic carbocycles. The Morgan fingerprint density at radius 3 is 2.16 bits per heavy atom. The van der Waals surface area contributed by atoms with E-state index in [9.17, 15) is 27.2 Å². The standard InChI is InChI=1S/C11H9F4NO3/c1-19-10(18)8(11(13,14)15)16-9(17)6-2-4-7(12)5-3-6/h2-5,8H,1H3,(H,16,17). The summed E-state index contributed by atoms with van der Waals surface area (Å²) in [6.45, 7) is 0. The zero-order valence-electron chi connectivity index (χ0n) is 9.62. The summed E-state index contributed by atoms with van der Waals surface area (Å²) in [6.07, 6.45) is -4.98. The van der Waals surface area contributed by atoms with Gasteiger partial charge in [-0.15, -0.1) is 0 Å². The fraction of sp³-hybridized carbons (Fsp3) is 0.273. The molecule has 1 amide bonds. The molecular formula is C11H9F4NO3. The van der Waals surface area contributed by atoms with E-state index in [0.29, 0.717) is 0 Å². The number of hydrogen-bond donors (Lipinski definition) is 1. The van der Waals surface area contributed by atoms with E-state index >= 15 is 0 Å². The molecule has 0 aliphatic heterocycles. The summed E-state index contributed by atoms with van der Waals surface area (Å²) < 4.78 is 54.1. The lowest BCUT2D eigenvalue weighted by molar-refractivity contribution is -0.180. The highest BCUT2D eigenvalue weighted by molar-refractivity contribution is 5.96. The second-order valence-electron chi connectivity index (χ2n) is 3.48. The Labute approximate surface area is 105 Å². The van der Waals surface area contributed by atoms with Crippen LogP contribution in [0.3, 0.4) is 0 Å². The van der Waals surface area contributed by atoms with Gasteiger partial charge < -0.3 is 10.1 Å². The van der Waals surface area contributed by atoms with Crippen molar-refractivity contribution in [2.24, 2.45) is 0 Å². The summed E-state index contributed by atoms with van der Waals surface area (Å²) in [6, 6.07) is 1.05. The van der Waals surface area contributed by atoms with Crippen LogP contribution < -0.4 is 5.32 Å². The van der Waals surface area contributed by atoms with Crippen LogP contribution in [-0.4, -0.2) is 31.2 Å². The second kappa shape index (κ2) is 5.68. The van der Waals surface area contributed by atoms with Crippen molar-refractivity contribution in [3.05, 3.63) is 35.6 Å². The van der Waals surface area contributed by atoms with Gasteiger partial charge in [-0.1, -0.05) is 0 Å². The minimum absolute atomic E-state index is 0.209. The molecule has 1 rings (SSSR count). The molecule has 0 saturated heterocycles. The molecule has 0 bridgehead atoms. The molecule has 1 aromatic rings. The van der Waals surface area contributed by atoms with Gasteiger partial charge in [-0.2, -0.15) is 13.2 Å². The number of methoxy groups -OCH3 is 1. The van der Waals surface area contributed by atoms with E-state index in [1.54, 1.807) is 0 Å². The minimum Gasteiger partial charge on any atom is -0.467 e. The van der Waals surface area contributed by atoms with E-state index in [1.807, 2.05) is 0 Å². The molecule has 0 aromatic heterocycles. The molecule has 19 heavy (non-hydrogen) atoms. The van der Waals surface area contributed by atoms with E-state index in [0.717, 1.165) is 31.4 Å². The highest BCUT2D eigenvalue weighted by atomic mass is 19.4. The maximum atomic E-state index is 12.6. The van der Waals surface area contributed by atoms with E-state index in [1.165, 1.54) is 5.32 Å². The van der Waals surface area contributed by atoms with Crippen LogP contribution in [0.4, 0.5) is 17.6 Å². The Kier molecular flexibility index (Phi) is 4.47. The van der Waals surface area contributed by atoms with E-state index < -0.39 is 29.9 Å². The monoisotopic (exact) mass is 279 g/mol. The SMILES string of the molecule is COC(=O)C(NC(=O)c1ccc(F)cc1)C(F)(F)F. The summed E-state index contributed by atoms with van der Waals surface area (Å²) in [5.41, 5.74) is -0.209. The quantitative estimate of drug-likeness (QED) is 0.676. The molecule has 0 saturated carbocycles. The number of nitrogens with one attached hydrogen (secondary N) is 1. The van der Waals surface area contributed by atoms with Crippen LogP contribution in [0, 0.1) is 5.82 Å². The van der Waals surface area contributed by atoms with Gasteiger partial charge in [0, 0.05) is 5.56 Å². The summed E-state index contributed by atoms with van der Waals surface area (Å²) in [5.74, 6) is -3.44. The summed E-state index contributed by atoms with van der Waals surface area (Å²) >= 11 is 0. The molecule has 0 spiro atoms. The van der Waals surface area contributed by atoms with Gasteiger partial charge in [0.25, 0.3) is 5.91 Å². The van der Waals surface area contributed by atoms with Crippen molar-refractivity contribution in [2.45, 2.75) is 12.2 Å². The zero-order valence-corrected chi connectivity index (χ0v) is 9.62. The first kappa shape index (κ1) is 14.9. The highest BCUT2D eigenvalue weighted by Crippen LogP contribution is 2.21. The average molecular weight is 279 g/mol. The Morgan fingerprint density at radius 2 is 1.74 bits per heavy atom. The van der Waals surface area contributed by atoms with Gasteiger partial charge in [-0.25, -0.2) is 9.18 Å². The molecule has 1 N–H and O–H groups in total. The first-order valence-corrected chi connectivity index (χ1v) is 4.96. The molecule has 4 nitrogen and oxygen atoms in total. The van der Waals surface area contributed by atoms with Gasteiger partial charge in [0.15, 0.2) is 0 Å². The number of carbonyl (C=O) groups excluding carboxylic acids is 2. The number of halogens is 4. The number of ether oxygens (including phenoxy) is 1. The number of benzene rings is 1. The number of alkyl halides is 3. The largest absolute Gasteiger partial charge is 0.467 e. The molecule has 1 atom stereocenters. The van der Waals surface area contributed by atoms with Crippen molar-refractivity contribution in [3.8, 4) is 0 Å². The molecule has 0 aliphatic rings. The smallest absolute Gasteiger partial charge is 0.419 e. The molecule has 1 unspecified atom stereocenters. The van der Waals surface area contributed by atoms with E-state index in [2.05, 4.69) is 4.74 Å². The van der Waals surface area contributed by atoms with Gasteiger partial charge in [0.05, 0.1) is 7.11 Å². The first-order chi connectivity index (χ1) is 8.75. The first-order valence-electron chi connectivity index (χ1n) is 4.96. The summed E-state index contributed by atoms with van der Waals surface area (Å²) in [7, 11) is 0.769. The van der Waals surface area contributed by atoms with Gasteiger partial charge in [-0.3, -0.25) is 4.79 Å². The van der Waals surface area contributed by atoms with Crippen molar-refractivity contribution in [2.75, 3.05) is 7.11 Å². The third-order valence-corrected chi connectivity index (χ3v) is 2.15. The number of rotatable bonds is 3. The maximum Gasteiger partial charge on any atom is 0.419 e. The Balaban J connectivity index is 2.88. The fourth-order valence-corrected chi connectivity index (χ4v) is 1.21. The number of carbonyl (C=O) groups is 2. The molecular weight excluding hydrogens is 270 g/mol. The van der Waals surface area contributed by atoms with Crippen molar-refractivity contribution in [1.82, 2.24) is 5.32 Å². The predicted octanol–water partition coefficient (Wildman–Crippen LogP) is 1.66. The van der Waals surface area contributed by atoms with Crippen LogP contribution in [0.15, 0.2) is 24.3 Å². The Bertz CT molecular complexity index is 470. The third kappa shape index (κ3) is 3.94. The van der Waals surface area contributed by atoms with Crippen LogP contribution in [0.5, 0.6) is 0 Å². The molecule has 0 fully saturated rings. The van der Waals surface area contributed by atoms with Gasteiger partial charge in [0.1, 0.15) is 5.82 Å². The summed E-state index contributed by atoms with van der Waals surface area (Å²) in [5, 5.41) is 1.48. The van der Waals surface area contributed by atoms with Crippen LogP contribution in [0.1, 0.15) is 10.4 Å². The highest BCUT2D eigenvalue weighted by Gasteiger charge is 2.47. The van der Waals surface area contributed by atoms with Gasteiger partial charge in [-0.05, 0) is 24.3 Å². The zero-order chi connectivity index (χ0) is 14.6. The number of esters is 1. The molecule has 0 radical (unpaired) electrons. The van der Waals surface area contributed by atoms with Crippen molar-refractivity contribution >= 4 is 11.9 Å². The normalized spacial score (nSPS) is 12.7. The minimum atomic E-state index is -4.98. The lowest BCUT2D eigenvalue weighted by atomic mass is 10.2. The number of amides is 1. The van der Waals surface area contributed by atoms with Crippen molar-refractivity contribution in [1.29, 1.82) is 0 Å². The van der Waals surface area contributed by atoms with Crippen LogP contribution in [0.2, 0.25) is 0 Å². The van der Waals surface area contributed by atoms with E-state index in [-0.39, 0.29) is 5.56 Å². The topological polar surface area (TPSA) is 55.4 Å². The van der Waals surface area contributed by atoms with Crippen LogP contribution in [-0.2, 0) is 9.53 Å². The van der Waals surface area contributed by atoms with Gasteiger partial charge in [0.2, 0.25) is 6.04 Å². The fourth-order valence-electron chi connectivity index (χ4n) is 1.21. The lowest BCUT2D eigenvalue weighted by Crippen LogP contribution is -2.51. The van der Waals surface area contributed by atoms with E-state index in [4.69, 9.17) is 0 Å². The summed E-state index contributed by atoms with van der Waals surface area (Å²) in [4.78, 5) is 22.5. The molecule has 0 heterocycles.